The highest BCUT2D eigenvalue weighted by atomic mass is 16.2. The summed E-state index contributed by atoms with van der Waals surface area (Å²) in [4.78, 5) is 11.7. The van der Waals surface area contributed by atoms with Gasteiger partial charge in [0.1, 0.15) is 6.61 Å². The summed E-state index contributed by atoms with van der Waals surface area (Å²) < 4.78 is 0. The van der Waals surface area contributed by atoms with Gasteiger partial charge in [-0.05, 0) is 23.6 Å². The lowest BCUT2D eigenvalue weighted by Crippen LogP contribution is -2.24. The van der Waals surface area contributed by atoms with E-state index in [1.165, 1.54) is 0 Å². The molecule has 3 nitrogen and oxygen atoms in total. The molecule has 0 fully saturated rings. The number of benzene rings is 1. The SMILES string of the molecule is CCC(C)CC(=O)NCc1cccc(C#CCO)c1. The Kier molecular flexibility index (Phi) is 6.70. The number of nitrogens with one attached hydrogen (secondary N) is 1. The Hall–Kier alpha value is -1.79. The molecule has 3 heteroatoms. The molecule has 0 radical (unpaired) electrons. The molecule has 1 unspecified atom stereocenters. The Balaban J connectivity index is 2.51. The summed E-state index contributed by atoms with van der Waals surface area (Å²) >= 11 is 0. The van der Waals surface area contributed by atoms with Crippen molar-refractivity contribution in [3.05, 3.63) is 35.4 Å². The highest BCUT2D eigenvalue weighted by Crippen LogP contribution is 2.07. The number of carbonyl (C=O) groups excluding carboxylic acids is 1. The van der Waals surface area contributed by atoms with Gasteiger partial charge in [0.05, 0.1) is 0 Å². The fourth-order valence-corrected chi connectivity index (χ4v) is 1.63. The lowest BCUT2D eigenvalue weighted by Gasteiger charge is -2.09. The standard InChI is InChI=1S/C16H21NO2/c1-3-13(2)10-16(19)17-12-15-7-4-6-14(11-15)8-5-9-18/h4,6-7,11,13,18H,3,9-10,12H2,1-2H3,(H,17,19). The van der Waals surface area contributed by atoms with Crippen molar-refractivity contribution in [3.8, 4) is 11.8 Å². The van der Waals surface area contributed by atoms with Crippen LogP contribution in [-0.4, -0.2) is 17.6 Å². The van der Waals surface area contributed by atoms with Crippen LogP contribution in [0.4, 0.5) is 0 Å². The summed E-state index contributed by atoms with van der Waals surface area (Å²) in [5.41, 5.74) is 1.87. The van der Waals surface area contributed by atoms with Gasteiger partial charge in [-0.2, -0.15) is 0 Å². The zero-order chi connectivity index (χ0) is 14.1. The quantitative estimate of drug-likeness (QED) is 0.795. The molecule has 1 atom stereocenters. The molecule has 0 saturated heterocycles. The number of hydrogen-bond acceptors (Lipinski definition) is 2. The van der Waals surface area contributed by atoms with Crippen molar-refractivity contribution < 1.29 is 9.90 Å². The van der Waals surface area contributed by atoms with Crippen LogP contribution < -0.4 is 5.32 Å². The maximum absolute atomic E-state index is 11.7. The van der Waals surface area contributed by atoms with Crippen LogP contribution in [0.5, 0.6) is 0 Å². The Morgan fingerprint density at radius 3 is 2.95 bits per heavy atom. The van der Waals surface area contributed by atoms with Crippen molar-refractivity contribution in [1.29, 1.82) is 0 Å². The van der Waals surface area contributed by atoms with Crippen molar-refractivity contribution in [3.63, 3.8) is 0 Å². The number of hydrogen-bond donors (Lipinski definition) is 2. The van der Waals surface area contributed by atoms with Crippen molar-refractivity contribution >= 4 is 5.91 Å². The van der Waals surface area contributed by atoms with E-state index in [0.717, 1.165) is 17.5 Å². The van der Waals surface area contributed by atoms with Gasteiger partial charge in [0, 0.05) is 18.5 Å². The molecule has 0 aromatic heterocycles. The van der Waals surface area contributed by atoms with E-state index in [-0.39, 0.29) is 12.5 Å². The van der Waals surface area contributed by atoms with Gasteiger partial charge in [-0.3, -0.25) is 4.79 Å². The van der Waals surface area contributed by atoms with E-state index in [0.29, 0.717) is 18.9 Å². The van der Waals surface area contributed by atoms with Crippen LogP contribution in [0.2, 0.25) is 0 Å². The van der Waals surface area contributed by atoms with Crippen LogP contribution >= 0.6 is 0 Å². The number of aliphatic hydroxyl groups is 1. The average Bonchev–Trinajstić information content (AvgIpc) is 2.43. The fraction of sp³-hybridized carbons (Fsp3) is 0.438. The van der Waals surface area contributed by atoms with Crippen molar-refractivity contribution in [2.45, 2.75) is 33.2 Å². The number of carbonyl (C=O) groups is 1. The van der Waals surface area contributed by atoms with Crippen LogP contribution in [0.15, 0.2) is 24.3 Å². The third-order valence-electron chi connectivity index (χ3n) is 2.96. The molecule has 0 bridgehead atoms. The molecule has 1 amide bonds. The molecule has 0 aliphatic heterocycles. The summed E-state index contributed by atoms with van der Waals surface area (Å²) in [6.07, 6.45) is 1.58. The third kappa shape index (κ3) is 6.08. The zero-order valence-corrected chi connectivity index (χ0v) is 11.6. The highest BCUT2D eigenvalue weighted by Gasteiger charge is 2.06. The largest absolute Gasteiger partial charge is 0.384 e. The molecule has 1 aromatic rings. The van der Waals surface area contributed by atoms with Gasteiger partial charge in [0.25, 0.3) is 0 Å². The van der Waals surface area contributed by atoms with Crippen molar-refractivity contribution in [2.75, 3.05) is 6.61 Å². The molecule has 19 heavy (non-hydrogen) atoms. The van der Waals surface area contributed by atoms with Gasteiger partial charge in [-0.25, -0.2) is 0 Å². The second-order valence-corrected chi connectivity index (χ2v) is 4.65. The van der Waals surface area contributed by atoms with E-state index in [2.05, 4.69) is 31.0 Å². The van der Waals surface area contributed by atoms with Crippen molar-refractivity contribution in [1.82, 2.24) is 5.32 Å². The minimum absolute atomic E-state index is 0.0844. The first-order valence-corrected chi connectivity index (χ1v) is 6.61. The first kappa shape index (κ1) is 15.3. The molecule has 2 N–H and O–H groups in total. The normalized spacial score (nSPS) is 11.3. The Morgan fingerprint density at radius 2 is 2.26 bits per heavy atom. The van der Waals surface area contributed by atoms with E-state index < -0.39 is 0 Å². The Labute approximate surface area is 115 Å². The molecule has 0 heterocycles. The van der Waals surface area contributed by atoms with E-state index in [1.807, 2.05) is 24.3 Å². The second kappa shape index (κ2) is 8.34. The van der Waals surface area contributed by atoms with Crippen LogP contribution in [0.25, 0.3) is 0 Å². The predicted octanol–water partition coefficient (Wildman–Crippen LogP) is 2.08. The molecule has 0 aliphatic rings. The van der Waals surface area contributed by atoms with E-state index in [9.17, 15) is 4.79 Å². The molecule has 102 valence electrons. The van der Waals surface area contributed by atoms with E-state index in [1.54, 1.807) is 0 Å². The monoisotopic (exact) mass is 259 g/mol. The van der Waals surface area contributed by atoms with Gasteiger partial charge < -0.3 is 10.4 Å². The molecule has 0 aliphatic carbocycles. The summed E-state index contributed by atoms with van der Waals surface area (Å²) in [5.74, 6) is 5.96. The van der Waals surface area contributed by atoms with Gasteiger partial charge in [-0.1, -0.05) is 44.2 Å². The fourth-order valence-electron chi connectivity index (χ4n) is 1.63. The minimum Gasteiger partial charge on any atom is -0.384 e. The molecule has 1 rings (SSSR count). The summed E-state index contributed by atoms with van der Waals surface area (Å²) in [7, 11) is 0. The van der Waals surface area contributed by atoms with E-state index >= 15 is 0 Å². The number of aliphatic hydroxyl groups excluding tert-OH is 1. The smallest absolute Gasteiger partial charge is 0.220 e. The topological polar surface area (TPSA) is 49.3 Å². The highest BCUT2D eigenvalue weighted by molar-refractivity contribution is 5.76. The van der Waals surface area contributed by atoms with Gasteiger partial charge in [0.15, 0.2) is 0 Å². The second-order valence-electron chi connectivity index (χ2n) is 4.65. The summed E-state index contributed by atoms with van der Waals surface area (Å²) in [6.45, 7) is 4.53. The summed E-state index contributed by atoms with van der Waals surface area (Å²) in [5, 5.41) is 11.6. The van der Waals surface area contributed by atoms with Crippen LogP contribution in [0.1, 0.15) is 37.8 Å². The predicted molar refractivity (Wildman–Crippen MR) is 76.3 cm³/mol. The summed E-state index contributed by atoms with van der Waals surface area (Å²) in [6, 6.07) is 7.66. The lowest BCUT2D eigenvalue weighted by atomic mass is 10.0. The molecule has 0 spiro atoms. The van der Waals surface area contributed by atoms with Gasteiger partial charge in [-0.15, -0.1) is 0 Å². The first-order chi connectivity index (χ1) is 9.15. The van der Waals surface area contributed by atoms with Gasteiger partial charge in [0.2, 0.25) is 5.91 Å². The maximum Gasteiger partial charge on any atom is 0.220 e. The molecular weight excluding hydrogens is 238 g/mol. The third-order valence-corrected chi connectivity index (χ3v) is 2.96. The maximum atomic E-state index is 11.7. The number of amides is 1. The Bertz CT molecular complexity index is 471. The van der Waals surface area contributed by atoms with Crippen molar-refractivity contribution in [2.24, 2.45) is 5.92 Å². The first-order valence-electron chi connectivity index (χ1n) is 6.61. The van der Waals surface area contributed by atoms with Crippen LogP contribution in [0.3, 0.4) is 0 Å². The minimum atomic E-state index is -0.143. The molecular formula is C16H21NO2. The van der Waals surface area contributed by atoms with Crippen LogP contribution in [0, 0.1) is 17.8 Å². The average molecular weight is 259 g/mol. The lowest BCUT2D eigenvalue weighted by molar-refractivity contribution is -0.122. The Morgan fingerprint density at radius 1 is 1.47 bits per heavy atom. The zero-order valence-electron chi connectivity index (χ0n) is 11.6. The molecule has 0 saturated carbocycles. The van der Waals surface area contributed by atoms with Crippen LogP contribution in [-0.2, 0) is 11.3 Å². The van der Waals surface area contributed by atoms with E-state index in [4.69, 9.17) is 5.11 Å². The van der Waals surface area contributed by atoms with Gasteiger partial charge >= 0.3 is 0 Å². The molecule has 1 aromatic carbocycles. The number of rotatable bonds is 5.